The van der Waals surface area contributed by atoms with Crippen LogP contribution in [0.1, 0.15) is 25.5 Å². The lowest BCUT2D eigenvalue weighted by molar-refractivity contribution is 0.190. The number of benzene rings is 2. The van der Waals surface area contributed by atoms with Crippen LogP contribution in [0.2, 0.25) is 0 Å². The lowest BCUT2D eigenvalue weighted by atomic mass is 10.1. The van der Waals surface area contributed by atoms with Crippen molar-refractivity contribution in [3.63, 3.8) is 0 Å². The van der Waals surface area contributed by atoms with Crippen molar-refractivity contribution in [3.05, 3.63) is 75.5 Å². The smallest absolute Gasteiger partial charge is 0.0939 e. The summed E-state index contributed by atoms with van der Waals surface area (Å²) in [4.78, 5) is 13.9. The molecule has 0 amide bonds. The van der Waals surface area contributed by atoms with Crippen LogP contribution in [-0.4, -0.2) is 11.6 Å². The molecule has 0 fully saturated rings. The minimum absolute atomic E-state index is 0.665. The second-order valence-corrected chi connectivity index (χ2v) is 7.24. The maximum Gasteiger partial charge on any atom is 0.0939 e. The van der Waals surface area contributed by atoms with Gasteiger partial charge in [0.2, 0.25) is 0 Å². The number of unbranched alkanes of at least 4 members (excludes halogenated alkanes) is 1. The van der Waals surface area contributed by atoms with Crippen molar-refractivity contribution in [3.8, 4) is 0 Å². The maximum atomic E-state index is 5.72. The van der Waals surface area contributed by atoms with E-state index in [0.717, 1.165) is 61.4 Å². The third-order valence-corrected chi connectivity index (χ3v) is 5.00. The van der Waals surface area contributed by atoms with Crippen molar-refractivity contribution in [2.45, 2.75) is 19.8 Å². The zero-order chi connectivity index (χ0) is 18.1. The van der Waals surface area contributed by atoms with Gasteiger partial charge in [0.1, 0.15) is 0 Å². The standard InChI is InChI=1S/C21H20BrN3O/c1-3-4-11-26-25-20-15-7-5-6-8-17(15)24-21(20)19-13(2)23-18-10-9-14(22)12-16(18)19/h5-10,12,24-25H,2-4,11H2,1H3. The number of allylic oxidation sites excluding steroid dienone is 1. The number of hydrogen-bond donors (Lipinski definition) is 2. The molecule has 0 aliphatic carbocycles. The van der Waals surface area contributed by atoms with E-state index in [2.05, 4.69) is 63.1 Å². The van der Waals surface area contributed by atoms with Gasteiger partial charge in [0.15, 0.2) is 0 Å². The topological polar surface area (TPSA) is 49.4 Å². The molecule has 0 bridgehead atoms. The van der Waals surface area contributed by atoms with E-state index in [4.69, 9.17) is 4.84 Å². The van der Waals surface area contributed by atoms with E-state index in [0.29, 0.717) is 6.61 Å². The third kappa shape index (κ3) is 2.97. The molecular formula is C21H20BrN3O. The number of aromatic nitrogens is 1. The summed E-state index contributed by atoms with van der Waals surface area (Å²) in [6.45, 7) is 6.98. The number of nitrogens with one attached hydrogen (secondary N) is 2. The zero-order valence-corrected chi connectivity index (χ0v) is 16.2. The Hall–Kier alpha value is -2.37. The van der Waals surface area contributed by atoms with Crippen molar-refractivity contribution in [2.24, 2.45) is 4.99 Å². The van der Waals surface area contributed by atoms with Crippen molar-refractivity contribution in [2.75, 3.05) is 12.1 Å². The predicted molar refractivity (Wildman–Crippen MR) is 109 cm³/mol. The van der Waals surface area contributed by atoms with Gasteiger partial charge in [-0.3, -0.25) is 10.3 Å². The van der Waals surface area contributed by atoms with Gasteiger partial charge in [-0.2, -0.15) is 0 Å². The molecule has 26 heavy (non-hydrogen) atoms. The van der Waals surface area contributed by atoms with Gasteiger partial charge in [0, 0.05) is 26.2 Å². The molecule has 2 aromatic carbocycles. The Balaban J connectivity index is 1.90. The van der Waals surface area contributed by atoms with Crippen LogP contribution in [0, 0.1) is 0 Å². The quantitative estimate of drug-likeness (QED) is 0.467. The fourth-order valence-corrected chi connectivity index (χ4v) is 3.58. The highest BCUT2D eigenvalue weighted by atomic mass is 79.9. The van der Waals surface area contributed by atoms with Gasteiger partial charge < -0.3 is 4.98 Å². The van der Waals surface area contributed by atoms with Crippen molar-refractivity contribution < 1.29 is 4.84 Å². The molecule has 2 heterocycles. The van der Waals surface area contributed by atoms with Gasteiger partial charge in [-0.15, -0.1) is 0 Å². The average Bonchev–Trinajstić information content (AvgIpc) is 3.15. The Labute approximate surface area is 160 Å². The molecule has 132 valence electrons. The number of anilines is 1. The monoisotopic (exact) mass is 409 g/mol. The second kappa shape index (κ2) is 7.09. The first-order chi connectivity index (χ1) is 12.7. The summed E-state index contributed by atoms with van der Waals surface area (Å²) in [5.74, 6) is 0. The van der Waals surface area contributed by atoms with Gasteiger partial charge in [0.25, 0.3) is 0 Å². The average molecular weight is 410 g/mol. The van der Waals surface area contributed by atoms with Gasteiger partial charge in [-0.25, -0.2) is 4.99 Å². The number of hydrogen-bond acceptors (Lipinski definition) is 3. The molecule has 0 saturated heterocycles. The van der Waals surface area contributed by atoms with Crippen LogP contribution in [-0.2, 0) is 4.84 Å². The lowest BCUT2D eigenvalue weighted by Crippen LogP contribution is -2.23. The van der Waals surface area contributed by atoms with Gasteiger partial charge in [0.05, 0.1) is 29.0 Å². The normalized spacial score (nSPS) is 13.2. The predicted octanol–water partition coefficient (Wildman–Crippen LogP) is 4.42. The first kappa shape index (κ1) is 17.1. The number of halogens is 1. The number of para-hydroxylation sites is 1. The van der Waals surface area contributed by atoms with Crippen molar-refractivity contribution in [1.82, 2.24) is 4.98 Å². The third-order valence-electron chi connectivity index (χ3n) is 4.50. The van der Waals surface area contributed by atoms with Gasteiger partial charge >= 0.3 is 0 Å². The van der Waals surface area contributed by atoms with Gasteiger partial charge in [-0.05, 0) is 30.7 Å². The Kier molecular flexibility index (Phi) is 4.66. The lowest BCUT2D eigenvalue weighted by Gasteiger charge is -2.10. The SMILES string of the molecule is C=C1N=c2ccc(Br)cc2=C1c1[nH]c2ccccc2c1NOCCCC. The summed E-state index contributed by atoms with van der Waals surface area (Å²) in [6, 6.07) is 14.3. The first-order valence-corrected chi connectivity index (χ1v) is 9.55. The molecule has 0 radical (unpaired) electrons. The molecule has 2 N–H and O–H groups in total. The van der Waals surface area contributed by atoms with E-state index in [1.807, 2.05) is 24.3 Å². The summed E-state index contributed by atoms with van der Waals surface area (Å²) in [5, 5.41) is 3.08. The minimum Gasteiger partial charge on any atom is -0.353 e. The van der Waals surface area contributed by atoms with E-state index in [-0.39, 0.29) is 0 Å². The highest BCUT2D eigenvalue weighted by Crippen LogP contribution is 2.34. The maximum absolute atomic E-state index is 5.72. The van der Waals surface area contributed by atoms with Crippen molar-refractivity contribution in [1.29, 1.82) is 0 Å². The minimum atomic E-state index is 0.665. The molecule has 0 spiro atoms. The van der Waals surface area contributed by atoms with Crippen LogP contribution in [0.5, 0.6) is 0 Å². The molecule has 1 aromatic heterocycles. The molecule has 5 heteroatoms. The highest BCUT2D eigenvalue weighted by Gasteiger charge is 2.21. The van der Waals surface area contributed by atoms with E-state index in [1.54, 1.807) is 0 Å². The molecule has 3 aromatic rings. The van der Waals surface area contributed by atoms with Crippen LogP contribution >= 0.6 is 15.9 Å². The Morgan fingerprint density at radius 1 is 1.23 bits per heavy atom. The first-order valence-electron chi connectivity index (χ1n) is 8.76. The summed E-state index contributed by atoms with van der Waals surface area (Å²) in [5.41, 5.74) is 7.85. The second-order valence-electron chi connectivity index (χ2n) is 6.32. The van der Waals surface area contributed by atoms with Crippen LogP contribution in [0.4, 0.5) is 5.69 Å². The van der Waals surface area contributed by atoms with Crippen molar-refractivity contribution >= 4 is 38.1 Å². The molecule has 1 aliphatic rings. The molecule has 0 saturated carbocycles. The molecule has 1 aliphatic heterocycles. The molecular weight excluding hydrogens is 390 g/mol. The number of H-pyrrole nitrogens is 1. The number of fused-ring (bicyclic) bond motifs is 2. The van der Waals surface area contributed by atoms with E-state index >= 15 is 0 Å². The Morgan fingerprint density at radius 2 is 2.08 bits per heavy atom. The summed E-state index contributed by atoms with van der Waals surface area (Å²) in [7, 11) is 0. The largest absolute Gasteiger partial charge is 0.353 e. The number of rotatable bonds is 6. The molecule has 4 nitrogen and oxygen atoms in total. The molecule has 0 unspecified atom stereocenters. The Morgan fingerprint density at radius 3 is 2.92 bits per heavy atom. The Bertz CT molecular complexity index is 1110. The van der Waals surface area contributed by atoms with Crippen LogP contribution in [0.15, 0.2) is 64.2 Å². The number of aromatic amines is 1. The van der Waals surface area contributed by atoms with Crippen LogP contribution in [0.25, 0.3) is 16.5 Å². The zero-order valence-electron chi connectivity index (χ0n) is 14.6. The number of nitrogens with zero attached hydrogens (tertiary/aromatic N) is 1. The molecule has 4 rings (SSSR count). The summed E-state index contributed by atoms with van der Waals surface area (Å²) < 4.78 is 1.02. The highest BCUT2D eigenvalue weighted by molar-refractivity contribution is 9.10. The molecule has 0 atom stereocenters. The van der Waals surface area contributed by atoms with E-state index in [9.17, 15) is 0 Å². The van der Waals surface area contributed by atoms with E-state index < -0.39 is 0 Å². The van der Waals surface area contributed by atoms with Crippen LogP contribution in [0.3, 0.4) is 0 Å². The summed E-state index contributed by atoms with van der Waals surface area (Å²) in [6.07, 6.45) is 2.11. The van der Waals surface area contributed by atoms with Crippen LogP contribution < -0.4 is 16.1 Å². The van der Waals surface area contributed by atoms with Gasteiger partial charge in [-0.1, -0.05) is 54.1 Å². The van der Waals surface area contributed by atoms with E-state index in [1.165, 1.54) is 0 Å². The fourth-order valence-electron chi connectivity index (χ4n) is 3.22. The summed E-state index contributed by atoms with van der Waals surface area (Å²) >= 11 is 3.56. The fraction of sp³-hybridized carbons (Fsp3) is 0.190.